The Hall–Kier alpha value is -2.27. The molecule has 3 N–H and O–H groups in total. The molecule has 2 unspecified atom stereocenters. The number of rotatable bonds is 1. The van der Waals surface area contributed by atoms with Crippen molar-refractivity contribution in [1.82, 2.24) is 0 Å². The molecule has 24 heavy (non-hydrogen) atoms. The van der Waals surface area contributed by atoms with Crippen LogP contribution < -0.4 is 5.73 Å². The molecular weight excluding hydrogens is 300 g/mol. The van der Waals surface area contributed by atoms with Crippen molar-refractivity contribution in [2.75, 3.05) is 7.11 Å². The number of hydrogen-bond donors (Lipinski definition) is 2. The number of nitriles is 2. The van der Waals surface area contributed by atoms with E-state index in [1.54, 1.807) is 0 Å². The molecule has 0 aliphatic heterocycles. The molecule has 126 valence electrons. The molecule has 0 amide bonds. The largest absolute Gasteiger partial charge is 0.483 e. The van der Waals surface area contributed by atoms with E-state index in [1.165, 1.54) is 7.11 Å². The van der Waals surface area contributed by atoms with Crippen LogP contribution in [0.2, 0.25) is 0 Å². The lowest BCUT2D eigenvalue weighted by atomic mass is 9.45. The maximum absolute atomic E-state index is 10.2. The topological polar surface area (TPSA) is 107 Å². The minimum Gasteiger partial charge on any atom is -0.483 e. The number of hydrogen-bond acceptors (Lipinski definition) is 5. The summed E-state index contributed by atoms with van der Waals surface area (Å²) in [6.45, 7) is 0. The van der Waals surface area contributed by atoms with Gasteiger partial charge in [-0.3, -0.25) is 5.41 Å². The smallest absolute Gasteiger partial charge is 0.208 e. The second-order valence-corrected chi connectivity index (χ2v) is 7.16. The molecule has 1 spiro atoms. The average molecular weight is 324 g/mol. The highest BCUT2D eigenvalue weighted by atomic mass is 16.5. The number of nitrogens with zero attached hydrogens (tertiary/aromatic N) is 2. The predicted octanol–water partition coefficient (Wildman–Crippen LogP) is 3.55. The number of nitrogens with one attached hydrogen (secondary N) is 1. The summed E-state index contributed by atoms with van der Waals surface area (Å²) in [7, 11) is 1.42. The van der Waals surface area contributed by atoms with Gasteiger partial charge in [0.05, 0.1) is 24.4 Å². The minimum absolute atomic E-state index is 0.109. The summed E-state index contributed by atoms with van der Waals surface area (Å²) in [5.74, 6) is 0.00502. The molecule has 1 saturated carbocycles. The fraction of sp³-hybridized carbons (Fsp3) is 0.632. The molecular formula is C19H24N4O. The number of fused-ring (bicyclic) bond motifs is 2. The van der Waals surface area contributed by atoms with Gasteiger partial charge in [0.1, 0.15) is 6.07 Å². The second kappa shape index (κ2) is 5.98. The monoisotopic (exact) mass is 324 g/mol. The Balaban J connectivity index is 2.36. The maximum atomic E-state index is 10.2. The van der Waals surface area contributed by atoms with Crippen molar-refractivity contribution >= 4 is 5.90 Å². The van der Waals surface area contributed by atoms with Gasteiger partial charge in [-0.1, -0.05) is 25.3 Å². The van der Waals surface area contributed by atoms with Gasteiger partial charge in [0, 0.05) is 5.41 Å². The molecule has 0 aromatic heterocycles. The van der Waals surface area contributed by atoms with Crippen molar-refractivity contribution < 1.29 is 4.74 Å². The van der Waals surface area contributed by atoms with E-state index in [0.717, 1.165) is 56.9 Å². The van der Waals surface area contributed by atoms with Crippen molar-refractivity contribution in [3.8, 4) is 12.1 Å². The number of methoxy groups -OCH3 is 1. The minimum atomic E-state index is -1.33. The van der Waals surface area contributed by atoms with Gasteiger partial charge in [0.2, 0.25) is 5.90 Å². The summed E-state index contributed by atoms with van der Waals surface area (Å²) in [4.78, 5) is 0. The molecule has 0 heterocycles. The third-order valence-corrected chi connectivity index (χ3v) is 6.38. The SMILES string of the molecule is COC(=N)C1(C#N)C(N)=C(C#N)C2=CCCCC2C12CCCCC2. The van der Waals surface area contributed by atoms with Crippen LogP contribution >= 0.6 is 0 Å². The lowest BCUT2D eigenvalue weighted by molar-refractivity contribution is 0.0270. The molecule has 0 saturated heterocycles. The molecule has 3 aliphatic carbocycles. The zero-order chi connectivity index (χ0) is 17.4. The zero-order valence-electron chi connectivity index (χ0n) is 14.2. The third-order valence-electron chi connectivity index (χ3n) is 6.38. The number of ether oxygens (including phenoxy) is 1. The Morgan fingerprint density at radius 3 is 2.58 bits per heavy atom. The normalized spacial score (nSPS) is 31.5. The first kappa shape index (κ1) is 16.6. The van der Waals surface area contributed by atoms with Crippen LogP contribution in [-0.4, -0.2) is 13.0 Å². The van der Waals surface area contributed by atoms with E-state index >= 15 is 0 Å². The summed E-state index contributed by atoms with van der Waals surface area (Å²) in [6, 6.07) is 4.59. The molecule has 0 radical (unpaired) electrons. The lowest BCUT2D eigenvalue weighted by Gasteiger charge is -2.57. The molecule has 0 aromatic carbocycles. The Morgan fingerprint density at radius 1 is 1.29 bits per heavy atom. The first-order valence-corrected chi connectivity index (χ1v) is 8.74. The standard InChI is InChI=1S/C19H24N4O/c1-24-17(23)19(12-21)16(22)14(11-20)13-7-3-4-8-15(13)18(19)9-5-2-6-10-18/h7,15,23H,2-6,8-10,22H2,1H3. The zero-order valence-corrected chi connectivity index (χ0v) is 14.2. The van der Waals surface area contributed by atoms with Crippen molar-refractivity contribution in [3.63, 3.8) is 0 Å². The van der Waals surface area contributed by atoms with Crippen LogP contribution in [0.4, 0.5) is 0 Å². The van der Waals surface area contributed by atoms with Gasteiger partial charge in [-0.25, -0.2) is 0 Å². The van der Waals surface area contributed by atoms with Crippen LogP contribution in [0.15, 0.2) is 22.9 Å². The van der Waals surface area contributed by atoms with Crippen molar-refractivity contribution in [3.05, 3.63) is 22.9 Å². The Kier molecular flexibility index (Phi) is 4.13. The molecule has 1 fully saturated rings. The van der Waals surface area contributed by atoms with E-state index in [1.807, 2.05) is 0 Å². The summed E-state index contributed by atoms with van der Waals surface area (Å²) in [6.07, 6.45) is 9.99. The van der Waals surface area contributed by atoms with Crippen molar-refractivity contribution in [2.24, 2.45) is 22.5 Å². The molecule has 5 nitrogen and oxygen atoms in total. The van der Waals surface area contributed by atoms with Gasteiger partial charge in [-0.15, -0.1) is 0 Å². The van der Waals surface area contributed by atoms with Gasteiger partial charge < -0.3 is 10.5 Å². The fourth-order valence-corrected chi connectivity index (χ4v) is 5.35. The molecule has 2 atom stereocenters. The van der Waals surface area contributed by atoms with E-state index in [4.69, 9.17) is 15.9 Å². The first-order chi connectivity index (χ1) is 11.6. The maximum Gasteiger partial charge on any atom is 0.208 e. The van der Waals surface area contributed by atoms with Crippen LogP contribution in [0.3, 0.4) is 0 Å². The van der Waals surface area contributed by atoms with Crippen LogP contribution in [-0.2, 0) is 4.74 Å². The van der Waals surface area contributed by atoms with Crippen LogP contribution in [0.25, 0.3) is 0 Å². The van der Waals surface area contributed by atoms with Gasteiger partial charge >= 0.3 is 0 Å². The van der Waals surface area contributed by atoms with Crippen molar-refractivity contribution in [2.45, 2.75) is 51.4 Å². The second-order valence-electron chi connectivity index (χ2n) is 7.16. The Bertz CT molecular complexity index is 700. The van der Waals surface area contributed by atoms with Crippen LogP contribution in [0.1, 0.15) is 51.4 Å². The van der Waals surface area contributed by atoms with Crippen LogP contribution in [0, 0.1) is 44.8 Å². The summed E-state index contributed by atoms with van der Waals surface area (Å²) >= 11 is 0. The van der Waals surface area contributed by atoms with E-state index in [0.29, 0.717) is 5.57 Å². The van der Waals surface area contributed by atoms with E-state index in [-0.39, 0.29) is 17.5 Å². The third kappa shape index (κ3) is 1.88. The highest BCUT2D eigenvalue weighted by Gasteiger charge is 2.65. The summed E-state index contributed by atoms with van der Waals surface area (Å²) in [5.41, 5.74) is 6.33. The number of nitrogens with two attached hydrogens (primary N) is 1. The van der Waals surface area contributed by atoms with Gasteiger partial charge in [-0.05, 0) is 43.6 Å². The summed E-state index contributed by atoms with van der Waals surface area (Å²) in [5, 5.41) is 28.4. The molecule has 0 aromatic rings. The van der Waals surface area contributed by atoms with E-state index in [2.05, 4.69) is 18.2 Å². The number of allylic oxidation sites excluding steroid dienone is 3. The van der Waals surface area contributed by atoms with Gasteiger partial charge in [0.25, 0.3) is 0 Å². The van der Waals surface area contributed by atoms with Crippen molar-refractivity contribution in [1.29, 1.82) is 15.9 Å². The molecule has 0 bridgehead atoms. The van der Waals surface area contributed by atoms with Gasteiger partial charge in [0.15, 0.2) is 5.41 Å². The molecule has 3 aliphatic rings. The predicted molar refractivity (Wildman–Crippen MR) is 90.6 cm³/mol. The quantitative estimate of drug-likeness (QED) is 0.568. The highest BCUT2D eigenvalue weighted by molar-refractivity contribution is 5.89. The lowest BCUT2D eigenvalue weighted by Crippen LogP contribution is -2.58. The van der Waals surface area contributed by atoms with Gasteiger partial charge in [-0.2, -0.15) is 10.5 Å². The molecule has 3 rings (SSSR count). The van der Waals surface area contributed by atoms with E-state index < -0.39 is 10.8 Å². The van der Waals surface area contributed by atoms with E-state index in [9.17, 15) is 10.5 Å². The average Bonchev–Trinajstić information content (AvgIpc) is 2.63. The Labute approximate surface area is 143 Å². The first-order valence-electron chi connectivity index (χ1n) is 8.74. The van der Waals surface area contributed by atoms with Crippen LogP contribution in [0.5, 0.6) is 0 Å². The Morgan fingerprint density at radius 2 is 2.00 bits per heavy atom. The highest BCUT2D eigenvalue weighted by Crippen LogP contribution is 2.65. The fourth-order valence-electron chi connectivity index (χ4n) is 5.35. The molecule has 5 heteroatoms. The summed E-state index contributed by atoms with van der Waals surface area (Å²) < 4.78 is 5.27.